The van der Waals surface area contributed by atoms with Crippen LogP contribution in [0.1, 0.15) is 181 Å². The highest BCUT2D eigenvalue weighted by Gasteiger charge is 2.22. The van der Waals surface area contributed by atoms with Gasteiger partial charge in [0.15, 0.2) is 6.10 Å². The van der Waals surface area contributed by atoms with E-state index in [0.717, 1.165) is 70.6 Å². The van der Waals surface area contributed by atoms with E-state index >= 15 is 0 Å². The average molecular weight is 725 g/mol. The molecule has 0 aromatic heterocycles. The number of phosphoric ester groups is 1. The fourth-order valence-corrected chi connectivity index (χ4v) is 5.67. The Hall–Kier alpha value is -1.99. The molecule has 2 N–H and O–H groups in total. The Bertz CT molecular complexity index is 952. The highest BCUT2D eigenvalue weighted by atomic mass is 31.2. The molecule has 0 spiro atoms. The maximum atomic E-state index is 12.4. The van der Waals surface area contributed by atoms with Crippen molar-refractivity contribution in [2.45, 2.75) is 187 Å². The summed E-state index contributed by atoms with van der Waals surface area (Å²) in [4.78, 5) is 42.8. The minimum absolute atomic E-state index is 0.196. The van der Waals surface area contributed by atoms with E-state index in [9.17, 15) is 14.2 Å². The molecule has 0 aliphatic heterocycles. The summed E-state index contributed by atoms with van der Waals surface area (Å²) in [5, 5.41) is 0. The minimum Gasteiger partial charge on any atom is -0.462 e. The van der Waals surface area contributed by atoms with E-state index < -0.39 is 32.5 Å². The number of hydrogen-bond acceptors (Lipinski definition) is 6. The molecule has 1 atom stereocenters. The molecule has 50 heavy (non-hydrogen) atoms. The number of carbonyl (C=O) groups excluding carboxylic acids is 2. The SMILES string of the molecule is CCCCC/C=C\C/C=C\C/C=C\CCCCCCC(=O)OC[C@H](COP(=O)(O)O)OC(=O)CCCCCCC/C=C\CCCCCCCC. The second kappa shape index (κ2) is 36.8. The lowest BCUT2D eigenvalue weighted by Crippen LogP contribution is -2.29. The van der Waals surface area contributed by atoms with E-state index in [1.807, 2.05) is 0 Å². The lowest BCUT2D eigenvalue weighted by molar-refractivity contribution is -0.161. The fourth-order valence-electron chi connectivity index (χ4n) is 5.31. The first kappa shape index (κ1) is 48.0. The highest BCUT2D eigenvalue weighted by molar-refractivity contribution is 7.46. The first-order valence-electron chi connectivity index (χ1n) is 19.9. The Morgan fingerprint density at radius 1 is 0.520 bits per heavy atom. The van der Waals surface area contributed by atoms with Crippen LogP contribution in [0.25, 0.3) is 0 Å². The lowest BCUT2D eigenvalue weighted by Gasteiger charge is -2.18. The molecule has 0 amide bonds. The van der Waals surface area contributed by atoms with Crippen molar-refractivity contribution in [2.24, 2.45) is 0 Å². The molecule has 0 aromatic rings. The van der Waals surface area contributed by atoms with E-state index in [1.54, 1.807) is 0 Å². The number of phosphoric acid groups is 1. The van der Waals surface area contributed by atoms with Crippen LogP contribution in [0.4, 0.5) is 0 Å². The third-order valence-electron chi connectivity index (χ3n) is 8.32. The number of esters is 2. The molecular weight excluding hydrogens is 651 g/mol. The standard InChI is InChI=1S/C41H73O8P/c1-3-5-7-9-11-13-15-17-19-20-22-23-25-27-29-31-33-35-40(42)47-37-39(38-48-50(44,45)46)49-41(43)36-34-32-30-28-26-24-21-18-16-14-12-10-8-6-4-2/h11,13,17-19,21-23,39H,3-10,12,14-16,20,24-38H2,1-2H3,(H2,44,45,46)/b13-11-,19-17-,21-18-,23-22-/t39-/m1/s1. The molecule has 0 bridgehead atoms. The summed E-state index contributed by atoms with van der Waals surface area (Å²) in [6, 6.07) is 0. The maximum Gasteiger partial charge on any atom is 0.469 e. The van der Waals surface area contributed by atoms with Gasteiger partial charge in [-0.05, 0) is 77.0 Å². The van der Waals surface area contributed by atoms with Crippen molar-refractivity contribution in [2.75, 3.05) is 13.2 Å². The van der Waals surface area contributed by atoms with Crippen molar-refractivity contribution in [1.29, 1.82) is 0 Å². The summed E-state index contributed by atoms with van der Waals surface area (Å²) in [6.07, 6.45) is 44.0. The maximum absolute atomic E-state index is 12.4. The molecule has 0 unspecified atom stereocenters. The van der Waals surface area contributed by atoms with Gasteiger partial charge < -0.3 is 19.3 Å². The smallest absolute Gasteiger partial charge is 0.462 e. The van der Waals surface area contributed by atoms with Crippen molar-refractivity contribution in [3.05, 3.63) is 48.6 Å². The zero-order chi connectivity index (χ0) is 36.8. The molecule has 0 saturated heterocycles. The van der Waals surface area contributed by atoms with Crippen molar-refractivity contribution in [1.82, 2.24) is 0 Å². The predicted octanol–water partition coefficient (Wildman–Crippen LogP) is 12.0. The van der Waals surface area contributed by atoms with Crippen molar-refractivity contribution >= 4 is 19.8 Å². The van der Waals surface area contributed by atoms with E-state index in [1.165, 1.54) is 70.6 Å². The summed E-state index contributed by atoms with van der Waals surface area (Å²) >= 11 is 0. The zero-order valence-electron chi connectivity index (χ0n) is 31.8. The molecule has 290 valence electrons. The third-order valence-corrected chi connectivity index (χ3v) is 8.81. The molecule has 0 radical (unpaired) electrons. The molecule has 0 aromatic carbocycles. The molecule has 8 nitrogen and oxygen atoms in total. The Labute approximate surface area is 305 Å². The number of ether oxygens (including phenoxy) is 2. The topological polar surface area (TPSA) is 119 Å². The van der Waals surface area contributed by atoms with Crippen molar-refractivity contribution in [3.63, 3.8) is 0 Å². The molecule has 9 heteroatoms. The van der Waals surface area contributed by atoms with Crippen LogP contribution in [0.3, 0.4) is 0 Å². The number of allylic oxidation sites excluding steroid dienone is 8. The molecular formula is C41H73O8P. The van der Waals surface area contributed by atoms with Crippen LogP contribution in [-0.4, -0.2) is 41.0 Å². The van der Waals surface area contributed by atoms with Gasteiger partial charge in [-0.2, -0.15) is 0 Å². The average Bonchev–Trinajstić information content (AvgIpc) is 3.08. The molecule has 0 heterocycles. The van der Waals surface area contributed by atoms with Gasteiger partial charge in [-0.25, -0.2) is 4.57 Å². The van der Waals surface area contributed by atoms with Crippen LogP contribution in [-0.2, 0) is 28.2 Å². The first-order valence-corrected chi connectivity index (χ1v) is 21.5. The quantitative estimate of drug-likeness (QED) is 0.0284. The third kappa shape index (κ3) is 38.8. The van der Waals surface area contributed by atoms with Crippen LogP contribution in [0.15, 0.2) is 48.6 Å². The Morgan fingerprint density at radius 3 is 1.40 bits per heavy atom. The van der Waals surface area contributed by atoms with E-state index in [4.69, 9.17) is 19.3 Å². The summed E-state index contributed by atoms with van der Waals surface area (Å²) < 4.78 is 26.3. The molecule has 0 aliphatic rings. The first-order chi connectivity index (χ1) is 24.3. The molecule has 0 fully saturated rings. The second-order valence-corrected chi connectivity index (χ2v) is 14.5. The summed E-state index contributed by atoms with van der Waals surface area (Å²) in [5.41, 5.74) is 0. The Kier molecular flexibility index (Phi) is 35.3. The summed E-state index contributed by atoms with van der Waals surface area (Å²) in [7, 11) is -4.76. The van der Waals surface area contributed by atoms with Gasteiger partial charge in [-0.15, -0.1) is 0 Å². The monoisotopic (exact) mass is 725 g/mol. The van der Waals surface area contributed by atoms with Crippen LogP contribution in [0.5, 0.6) is 0 Å². The van der Waals surface area contributed by atoms with Gasteiger partial charge in [0.05, 0.1) is 6.61 Å². The van der Waals surface area contributed by atoms with Crippen molar-refractivity contribution < 1.29 is 37.9 Å². The predicted molar refractivity (Wildman–Crippen MR) is 207 cm³/mol. The zero-order valence-corrected chi connectivity index (χ0v) is 32.7. The van der Waals surface area contributed by atoms with Crippen LogP contribution in [0, 0.1) is 0 Å². The van der Waals surface area contributed by atoms with Crippen LogP contribution < -0.4 is 0 Å². The number of unbranched alkanes of at least 4 members (excludes halogenated alkanes) is 18. The normalized spacial score (nSPS) is 13.0. The van der Waals surface area contributed by atoms with Crippen LogP contribution >= 0.6 is 7.82 Å². The van der Waals surface area contributed by atoms with Crippen molar-refractivity contribution in [3.8, 4) is 0 Å². The number of rotatable bonds is 36. The van der Waals surface area contributed by atoms with E-state index in [-0.39, 0.29) is 19.4 Å². The largest absolute Gasteiger partial charge is 0.469 e. The second-order valence-electron chi connectivity index (χ2n) is 13.2. The number of carbonyl (C=O) groups is 2. The van der Waals surface area contributed by atoms with Crippen LogP contribution in [0.2, 0.25) is 0 Å². The van der Waals surface area contributed by atoms with Gasteiger partial charge in [0, 0.05) is 12.8 Å². The van der Waals surface area contributed by atoms with E-state index in [0.29, 0.717) is 12.8 Å². The molecule has 0 saturated carbocycles. The highest BCUT2D eigenvalue weighted by Crippen LogP contribution is 2.36. The minimum atomic E-state index is -4.76. The molecule has 0 rings (SSSR count). The van der Waals surface area contributed by atoms with Gasteiger partial charge >= 0.3 is 19.8 Å². The molecule has 0 aliphatic carbocycles. The number of hydrogen-bond donors (Lipinski definition) is 2. The Balaban J connectivity index is 4.01. The van der Waals surface area contributed by atoms with Gasteiger partial charge in [0.25, 0.3) is 0 Å². The fraction of sp³-hybridized carbons (Fsp3) is 0.756. The van der Waals surface area contributed by atoms with E-state index in [2.05, 4.69) is 67.0 Å². The summed E-state index contributed by atoms with van der Waals surface area (Å²) in [5.74, 6) is -0.921. The van der Waals surface area contributed by atoms with Gasteiger partial charge in [0.1, 0.15) is 6.61 Å². The Morgan fingerprint density at radius 2 is 0.900 bits per heavy atom. The van der Waals surface area contributed by atoms with Gasteiger partial charge in [-0.1, -0.05) is 140 Å². The lowest BCUT2D eigenvalue weighted by atomic mass is 10.1. The van der Waals surface area contributed by atoms with Gasteiger partial charge in [0.2, 0.25) is 0 Å². The summed E-state index contributed by atoms with van der Waals surface area (Å²) in [6.45, 7) is 3.62. The van der Waals surface area contributed by atoms with Gasteiger partial charge in [-0.3, -0.25) is 14.1 Å².